The first-order chi connectivity index (χ1) is 11.2. The Balaban J connectivity index is 1.41. The van der Waals surface area contributed by atoms with E-state index in [1.807, 2.05) is 30.3 Å². The molecular formula is C20H25NO2. The molecule has 3 nitrogen and oxygen atoms in total. The van der Waals surface area contributed by atoms with Crippen molar-refractivity contribution in [2.24, 2.45) is 23.7 Å². The van der Waals surface area contributed by atoms with Crippen molar-refractivity contribution < 1.29 is 9.53 Å². The molecule has 4 aliphatic rings. The predicted molar refractivity (Wildman–Crippen MR) is 91.0 cm³/mol. The molecule has 0 radical (unpaired) electrons. The Bertz CT molecular complexity index is 594. The minimum Gasteiger partial charge on any atom is -0.496 e. The molecule has 0 aliphatic heterocycles. The van der Waals surface area contributed by atoms with E-state index >= 15 is 0 Å². The molecule has 5 rings (SSSR count). The highest BCUT2D eigenvalue weighted by atomic mass is 16.5. The third-order valence-electron chi connectivity index (χ3n) is 6.09. The van der Waals surface area contributed by atoms with E-state index in [0.717, 1.165) is 35.0 Å². The molecule has 4 fully saturated rings. The van der Waals surface area contributed by atoms with E-state index in [0.29, 0.717) is 6.04 Å². The van der Waals surface area contributed by atoms with E-state index in [1.165, 1.54) is 32.1 Å². The highest BCUT2D eigenvalue weighted by Crippen LogP contribution is 2.53. The zero-order valence-corrected chi connectivity index (χ0v) is 13.7. The Morgan fingerprint density at radius 3 is 2.39 bits per heavy atom. The molecule has 0 spiro atoms. The first-order valence-corrected chi connectivity index (χ1v) is 8.84. The van der Waals surface area contributed by atoms with Gasteiger partial charge in [-0.15, -0.1) is 0 Å². The monoisotopic (exact) mass is 311 g/mol. The van der Waals surface area contributed by atoms with E-state index in [-0.39, 0.29) is 5.91 Å². The number of rotatable bonds is 4. The molecular weight excluding hydrogens is 286 g/mol. The minimum atomic E-state index is 0.0355. The maximum Gasteiger partial charge on any atom is 0.244 e. The minimum absolute atomic E-state index is 0.0355. The van der Waals surface area contributed by atoms with Crippen LogP contribution in [0.15, 0.2) is 30.3 Å². The highest BCUT2D eigenvalue weighted by molar-refractivity contribution is 5.92. The smallest absolute Gasteiger partial charge is 0.244 e. The number of carbonyl (C=O) groups is 1. The first kappa shape index (κ1) is 14.8. The van der Waals surface area contributed by atoms with Gasteiger partial charge in [-0.1, -0.05) is 18.2 Å². The molecule has 4 saturated carbocycles. The van der Waals surface area contributed by atoms with Crippen LogP contribution >= 0.6 is 0 Å². The zero-order chi connectivity index (χ0) is 15.8. The van der Waals surface area contributed by atoms with Crippen molar-refractivity contribution in [3.8, 4) is 5.75 Å². The number of benzene rings is 1. The van der Waals surface area contributed by atoms with Crippen LogP contribution in [0.2, 0.25) is 0 Å². The molecule has 1 amide bonds. The lowest BCUT2D eigenvalue weighted by Gasteiger charge is -2.54. The normalized spacial score (nSPS) is 34.7. The second kappa shape index (κ2) is 6.03. The van der Waals surface area contributed by atoms with E-state index in [2.05, 4.69) is 5.32 Å². The van der Waals surface area contributed by atoms with Gasteiger partial charge in [0, 0.05) is 17.7 Å². The average molecular weight is 311 g/mol. The van der Waals surface area contributed by atoms with Gasteiger partial charge in [-0.25, -0.2) is 0 Å². The van der Waals surface area contributed by atoms with Gasteiger partial charge in [0.15, 0.2) is 0 Å². The van der Waals surface area contributed by atoms with Gasteiger partial charge in [0.1, 0.15) is 5.75 Å². The average Bonchev–Trinajstić information content (AvgIpc) is 2.56. The second-order valence-electron chi connectivity index (χ2n) is 7.54. The van der Waals surface area contributed by atoms with Crippen molar-refractivity contribution >= 4 is 12.0 Å². The van der Waals surface area contributed by atoms with Crippen molar-refractivity contribution in [2.45, 2.75) is 38.1 Å². The molecule has 0 heterocycles. The molecule has 0 aromatic heterocycles. The van der Waals surface area contributed by atoms with Crippen LogP contribution in [0.5, 0.6) is 5.75 Å². The summed E-state index contributed by atoms with van der Waals surface area (Å²) in [4.78, 5) is 12.4. The number of nitrogens with one attached hydrogen (secondary N) is 1. The van der Waals surface area contributed by atoms with Crippen molar-refractivity contribution in [2.75, 3.05) is 7.11 Å². The number of hydrogen-bond donors (Lipinski definition) is 1. The molecule has 23 heavy (non-hydrogen) atoms. The van der Waals surface area contributed by atoms with Gasteiger partial charge >= 0.3 is 0 Å². The molecule has 1 aromatic carbocycles. The first-order valence-electron chi connectivity index (χ1n) is 8.84. The lowest BCUT2D eigenvalue weighted by atomic mass is 9.54. The van der Waals surface area contributed by atoms with Crippen LogP contribution in [0.3, 0.4) is 0 Å². The molecule has 0 atom stereocenters. The maximum absolute atomic E-state index is 12.4. The van der Waals surface area contributed by atoms with Gasteiger partial charge in [-0.05, 0) is 67.9 Å². The standard InChI is InChI=1S/C20H25NO2/c1-23-18-5-3-2-4-15(18)6-7-19(22)21-20-16-9-13-8-14(11-16)12-17(20)10-13/h2-7,13-14,16-17,20H,8-12H2,1H3,(H,21,22)/b7-6+. The lowest BCUT2D eigenvalue weighted by molar-refractivity contribution is -0.120. The summed E-state index contributed by atoms with van der Waals surface area (Å²) in [6.45, 7) is 0. The number of carbonyl (C=O) groups excluding carboxylic acids is 1. The molecule has 0 unspecified atom stereocenters. The van der Waals surface area contributed by atoms with Gasteiger partial charge in [-0.2, -0.15) is 0 Å². The summed E-state index contributed by atoms with van der Waals surface area (Å²) < 4.78 is 5.32. The Kier molecular flexibility index (Phi) is 3.88. The van der Waals surface area contributed by atoms with E-state index < -0.39 is 0 Å². The molecule has 0 saturated heterocycles. The van der Waals surface area contributed by atoms with E-state index in [4.69, 9.17) is 4.74 Å². The van der Waals surface area contributed by atoms with Crippen molar-refractivity contribution in [1.82, 2.24) is 5.32 Å². The fourth-order valence-electron chi connectivity index (χ4n) is 5.34. The molecule has 1 aromatic rings. The molecule has 4 aliphatic carbocycles. The maximum atomic E-state index is 12.4. The quantitative estimate of drug-likeness (QED) is 0.862. The number of ether oxygens (including phenoxy) is 1. The van der Waals surface area contributed by atoms with Crippen molar-refractivity contribution in [1.29, 1.82) is 0 Å². The molecule has 122 valence electrons. The summed E-state index contributed by atoms with van der Waals surface area (Å²) in [5, 5.41) is 3.30. The Hall–Kier alpha value is -1.77. The van der Waals surface area contributed by atoms with E-state index in [1.54, 1.807) is 13.2 Å². The predicted octanol–water partition coefficient (Wildman–Crippen LogP) is 3.65. The van der Waals surface area contributed by atoms with Gasteiger partial charge < -0.3 is 10.1 Å². The van der Waals surface area contributed by atoms with Crippen LogP contribution in [0.4, 0.5) is 0 Å². The van der Waals surface area contributed by atoms with Gasteiger partial charge in [-0.3, -0.25) is 4.79 Å². The van der Waals surface area contributed by atoms with Gasteiger partial charge in [0.2, 0.25) is 5.91 Å². The number of methoxy groups -OCH3 is 1. The topological polar surface area (TPSA) is 38.3 Å². The van der Waals surface area contributed by atoms with Crippen LogP contribution in [-0.4, -0.2) is 19.1 Å². The number of para-hydroxylation sites is 1. The van der Waals surface area contributed by atoms with Crippen LogP contribution < -0.4 is 10.1 Å². The van der Waals surface area contributed by atoms with Crippen LogP contribution in [0, 0.1) is 23.7 Å². The van der Waals surface area contributed by atoms with Gasteiger partial charge in [0.05, 0.1) is 7.11 Å². The molecule has 1 N–H and O–H groups in total. The fraction of sp³-hybridized carbons (Fsp3) is 0.550. The fourth-order valence-corrected chi connectivity index (χ4v) is 5.34. The summed E-state index contributed by atoms with van der Waals surface area (Å²) in [5.41, 5.74) is 0.940. The van der Waals surface area contributed by atoms with E-state index in [9.17, 15) is 4.79 Å². The third-order valence-corrected chi connectivity index (χ3v) is 6.09. The Morgan fingerprint density at radius 1 is 1.09 bits per heavy atom. The van der Waals surface area contributed by atoms with Crippen LogP contribution in [0.1, 0.15) is 37.7 Å². The Labute approximate surface area is 138 Å². The summed E-state index contributed by atoms with van der Waals surface area (Å²) >= 11 is 0. The summed E-state index contributed by atoms with van der Waals surface area (Å²) in [6, 6.07) is 8.17. The highest BCUT2D eigenvalue weighted by Gasteiger charge is 2.48. The second-order valence-corrected chi connectivity index (χ2v) is 7.54. The van der Waals surface area contributed by atoms with Gasteiger partial charge in [0.25, 0.3) is 0 Å². The largest absolute Gasteiger partial charge is 0.496 e. The zero-order valence-electron chi connectivity index (χ0n) is 13.7. The molecule has 3 heteroatoms. The number of amides is 1. The summed E-state index contributed by atoms with van der Waals surface area (Å²) in [5.74, 6) is 4.15. The van der Waals surface area contributed by atoms with Crippen LogP contribution in [-0.2, 0) is 4.79 Å². The lowest BCUT2D eigenvalue weighted by Crippen LogP contribution is -2.55. The van der Waals surface area contributed by atoms with Crippen molar-refractivity contribution in [3.63, 3.8) is 0 Å². The Morgan fingerprint density at radius 2 is 1.74 bits per heavy atom. The SMILES string of the molecule is COc1ccccc1/C=C/C(=O)NC1C2CC3CC(C2)CC1C3. The number of hydrogen-bond acceptors (Lipinski definition) is 2. The molecule has 4 bridgehead atoms. The summed E-state index contributed by atoms with van der Waals surface area (Å²) in [6.07, 6.45) is 10.3. The summed E-state index contributed by atoms with van der Waals surface area (Å²) in [7, 11) is 1.65. The third kappa shape index (κ3) is 2.89. The van der Waals surface area contributed by atoms with Crippen molar-refractivity contribution in [3.05, 3.63) is 35.9 Å². The van der Waals surface area contributed by atoms with Crippen LogP contribution in [0.25, 0.3) is 6.08 Å².